The summed E-state index contributed by atoms with van der Waals surface area (Å²) < 4.78 is 2.28. The molecule has 1 unspecified atom stereocenters. The van der Waals surface area contributed by atoms with E-state index in [0.29, 0.717) is 5.92 Å². The van der Waals surface area contributed by atoms with Crippen molar-refractivity contribution >= 4 is 34.0 Å². The summed E-state index contributed by atoms with van der Waals surface area (Å²) in [6, 6.07) is 8.61. The predicted octanol–water partition coefficient (Wildman–Crippen LogP) is 3.59. The van der Waals surface area contributed by atoms with E-state index in [1.165, 1.54) is 17.0 Å². The lowest BCUT2D eigenvalue weighted by atomic mass is 9.99. The molecule has 2 heteroatoms. The highest BCUT2D eigenvalue weighted by Crippen LogP contribution is 2.32. The first-order valence-corrected chi connectivity index (χ1v) is 6.91. The molecular formula is C12H17IN+. The van der Waals surface area contributed by atoms with Crippen molar-refractivity contribution in [1.82, 2.24) is 0 Å². The van der Waals surface area contributed by atoms with Crippen molar-refractivity contribution in [3.8, 4) is 0 Å². The zero-order chi connectivity index (χ0) is 10.7. The van der Waals surface area contributed by atoms with Crippen LogP contribution in [0.4, 0.5) is 5.69 Å². The summed E-state index contributed by atoms with van der Waals surface area (Å²) in [5, 5.41) is 0. The molecule has 0 amide bonds. The molecule has 0 aromatic heterocycles. The summed E-state index contributed by atoms with van der Waals surface area (Å²) in [6.45, 7) is 4.46. The van der Waals surface area contributed by atoms with Crippen LogP contribution in [0.5, 0.6) is 0 Å². The second-order valence-corrected chi connectivity index (χ2v) is 3.48. The van der Waals surface area contributed by atoms with E-state index in [4.69, 9.17) is 0 Å². The molecule has 1 aliphatic rings. The van der Waals surface area contributed by atoms with Gasteiger partial charge in [-0.2, -0.15) is 0 Å². The van der Waals surface area contributed by atoms with Crippen molar-refractivity contribution in [3.05, 3.63) is 29.8 Å². The predicted molar refractivity (Wildman–Crippen MR) is 71.3 cm³/mol. The Morgan fingerprint density at radius 3 is 2.36 bits per heavy atom. The van der Waals surface area contributed by atoms with Crippen molar-refractivity contribution in [2.45, 2.75) is 19.8 Å². The Labute approximate surface area is 100.0 Å². The van der Waals surface area contributed by atoms with E-state index in [1.54, 1.807) is 0 Å². The number of hydrogen-bond donors (Lipinski definition) is 0. The number of halogens is 1. The molecule has 0 aliphatic carbocycles. The fourth-order valence-electron chi connectivity index (χ4n) is 1.86. The van der Waals surface area contributed by atoms with Gasteiger partial charge in [0, 0.05) is 18.6 Å². The van der Waals surface area contributed by atoms with E-state index in [-0.39, 0.29) is 0 Å². The molecule has 0 bridgehead atoms. The monoisotopic (exact) mass is 302 g/mol. The lowest BCUT2D eigenvalue weighted by Gasteiger charge is -1.97. The summed E-state index contributed by atoms with van der Waals surface area (Å²) in [5.41, 5.74) is 4.26. The molecule has 1 nitrogen and oxygen atoms in total. The molecule has 0 fully saturated rings. The number of para-hydroxylation sites is 1. The normalized spacial score (nSPS) is 18.8. The van der Waals surface area contributed by atoms with Gasteiger partial charge in [0.05, 0.1) is 5.92 Å². The lowest BCUT2D eigenvalue weighted by Crippen LogP contribution is -2.06. The van der Waals surface area contributed by atoms with Gasteiger partial charge < -0.3 is 0 Å². The minimum absolute atomic E-state index is 0.589. The van der Waals surface area contributed by atoms with Gasteiger partial charge in [-0.05, 0) is 11.9 Å². The fraction of sp³-hybridized carbons (Fsp3) is 0.417. The van der Waals surface area contributed by atoms with Crippen molar-refractivity contribution in [1.29, 1.82) is 0 Å². The Morgan fingerprint density at radius 1 is 1.21 bits per heavy atom. The highest BCUT2D eigenvalue weighted by molar-refractivity contribution is 14.1. The van der Waals surface area contributed by atoms with Gasteiger partial charge in [0.15, 0.2) is 5.71 Å². The standard InChI is InChI=1S/C11H14N.CH3I/c1-8-9(2)12(3)11-7-5-4-6-10(8)11;1-2/h4-8H,1-3H3;1H3/q+1;. The maximum atomic E-state index is 2.28. The molecule has 0 saturated heterocycles. The smallest absolute Gasteiger partial charge is 0.202 e. The van der Waals surface area contributed by atoms with Crippen LogP contribution in [-0.4, -0.2) is 22.3 Å². The largest absolute Gasteiger partial charge is 0.208 e. The summed E-state index contributed by atoms with van der Waals surface area (Å²) in [4.78, 5) is 1.97. The molecular weight excluding hydrogens is 285 g/mol. The van der Waals surface area contributed by atoms with E-state index in [1.807, 2.05) is 4.93 Å². The zero-order valence-electron chi connectivity index (χ0n) is 9.21. The average Bonchev–Trinajstić information content (AvgIpc) is 2.48. The van der Waals surface area contributed by atoms with Gasteiger partial charge in [-0.3, -0.25) is 0 Å². The Bertz CT molecular complexity index is 355. The molecule has 1 aliphatic heterocycles. The van der Waals surface area contributed by atoms with Crippen molar-refractivity contribution < 1.29 is 4.58 Å². The van der Waals surface area contributed by atoms with Gasteiger partial charge in [-0.1, -0.05) is 40.8 Å². The topological polar surface area (TPSA) is 3.01 Å². The van der Waals surface area contributed by atoms with E-state index in [9.17, 15) is 0 Å². The Balaban J connectivity index is 0.000000461. The van der Waals surface area contributed by atoms with E-state index in [2.05, 4.69) is 72.3 Å². The molecule has 2 rings (SSSR count). The average molecular weight is 302 g/mol. The molecule has 14 heavy (non-hydrogen) atoms. The molecule has 1 aromatic rings. The van der Waals surface area contributed by atoms with Crippen LogP contribution in [0.1, 0.15) is 25.3 Å². The molecule has 76 valence electrons. The van der Waals surface area contributed by atoms with Crippen LogP contribution in [0.25, 0.3) is 0 Å². The van der Waals surface area contributed by atoms with Gasteiger partial charge in [-0.15, -0.1) is 0 Å². The van der Waals surface area contributed by atoms with Gasteiger partial charge in [-0.25, -0.2) is 4.58 Å². The second-order valence-electron chi connectivity index (χ2n) is 3.48. The second kappa shape index (κ2) is 4.91. The molecule has 0 spiro atoms. The lowest BCUT2D eigenvalue weighted by molar-refractivity contribution is -0.402. The van der Waals surface area contributed by atoms with Crippen LogP contribution in [0.15, 0.2) is 24.3 Å². The van der Waals surface area contributed by atoms with Gasteiger partial charge in [0.25, 0.3) is 0 Å². The molecule has 0 saturated carbocycles. The van der Waals surface area contributed by atoms with E-state index < -0.39 is 0 Å². The summed E-state index contributed by atoms with van der Waals surface area (Å²) >= 11 is 2.15. The molecule has 0 N–H and O–H groups in total. The van der Waals surface area contributed by atoms with Crippen LogP contribution in [0, 0.1) is 0 Å². The molecule has 1 atom stereocenters. The van der Waals surface area contributed by atoms with Gasteiger partial charge >= 0.3 is 0 Å². The van der Waals surface area contributed by atoms with E-state index >= 15 is 0 Å². The third-order valence-electron chi connectivity index (χ3n) is 2.92. The third-order valence-corrected chi connectivity index (χ3v) is 2.92. The van der Waals surface area contributed by atoms with Crippen LogP contribution >= 0.6 is 22.6 Å². The Hall–Kier alpha value is -0.380. The maximum absolute atomic E-state index is 2.28. The van der Waals surface area contributed by atoms with Gasteiger partial charge in [0.1, 0.15) is 7.05 Å². The molecule has 1 aromatic carbocycles. The number of fused-ring (bicyclic) bond motifs is 1. The quantitative estimate of drug-likeness (QED) is 0.391. The van der Waals surface area contributed by atoms with Crippen molar-refractivity contribution in [2.24, 2.45) is 0 Å². The summed E-state index contributed by atoms with van der Waals surface area (Å²) in [6.07, 6.45) is 0. The van der Waals surface area contributed by atoms with Crippen LogP contribution in [-0.2, 0) is 0 Å². The first kappa shape index (κ1) is 11.7. The Kier molecular flexibility index (Phi) is 4.11. The highest BCUT2D eigenvalue weighted by atomic mass is 127. The van der Waals surface area contributed by atoms with Crippen molar-refractivity contribution in [2.75, 3.05) is 12.0 Å². The minimum atomic E-state index is 0.589. The maximum Gasteiger partial charge on any atom is 0.208 e. The van der Waals surface area contributed by atoms with Gasteiger partial charge in [0.2, 0.25) is 5.69 Å². The Morgan fingerprint density at radius 2 is 1.79 bits per heavy atom. The van der Waals surface area contributed by atoms with Crippen molar-refractivity contribution in [3.63, 3.8) is 0 Å². The molecule has 1 heterocycles. The number of nitrogens with zero attached hydrogens (tertiary/aromatic N) is 1. The highest BCUT2D eigenvalue weighted by Gasteiger charge is 2.29. The molecule has 0 radical (unpaired) electrons. The summed E-state index contributed by atoms with van der Waals surface area (Å²) in [5.74, 6) is 0.589. The fourth-order valence-corrected chi connectivity index (χ4v) is 1.86. The SMILES string of the molecule is CC1=[N+](C)c2ccccc2C1C.CI. The number of rotatable bonds is 0. The number of alkyl halides is 1. The first-order chi connectivity index (χ1) is 6.72. The number of benzene rings is 1. The minimum Gasteiger partial charge on any atom is -0.202 e. The van der Waals surface area contributed by atoms with Crippen LogP contribution < -0.4 is 0 Å². The van der Waals surface area contributed by atoms with Crippen LogP contribution in [0.3, 0.4) is 0 Å². The zero-order valence-corrected chi connectivity index (χ0v) is 11.4. The third kappa shape index (κ3) is 1.85. The summed E-state index contributed by atoms with van der Waals surface area (Å²) in [7, 11) is 2.14. The number of hydrogen-bond acceptors (Lipinski definition) is 0. The van der Waals surface area contributed by atoms with E-state index in [0.717, 1.165) is 0 Å². The first-order valence-electron chi connectivity index (χ1n) is 4.75. The van der Waals surface area contributed by atoms with Crippen LogP contribution in [0.2, 0.25) is 0 Å².